The Labute approximate surface area is 103 Å². The summed E-state index contributed by atoms with van der Waals surface area (Å²) in [6, 6.07) is 0. The predicted molar refractivity (Wildman–Crippen MR) is 65.5 cm³/mol. The molecule has 7 heteroatoms. The molecule has 0 aliphatic carbocycles. The van der Waals surface area contributed by atoms with Crippen molar-refractivity contribution in [1.29, 1.82) is 0 Å². The van der Waals surface area contributed by atoms with Crippen LogP contribution in [0.15, 0.2) is 12.7 Å². The first-order valence-electron chi connectivity index (χ1n) is 5.48. The van der Waals surface area contributed by atoms with Crippen molar-refractivity contribution < 1.29 is 22.7 Å². The molecule has 0 saturated carbocycles. The minimum absolute atomic E-state index is 0.681. The second-order valence-electron chi connectivity index (χ2n) is 3.26. The first-order valence-corrected chi connectivity index (χ1v) is 7.05. The first-order chi connectivity index (χ1) is 7.80. The fourth-order valence-corrected chi connectivity index (χ4v) is 1.30. The number of nitrogens with one attached hydrogen (secondary N) is 2. The predicted octanol–water partition coefficient (Wildman–Crippen LogP) is -1.28. The van der Waals surface area contributed by atoms with Gasteiger partial charge in [-0.05, 0) is 26.8 Å². The van der Waals surface area contributed by atoms with Gasteiger partial charge >= 0.3 is 0 Å². The number of carbonyl (C=O) groups excluding carboxylic acids is 1. The molecule has 102 valence electrons. The molecular formula is C10H22N2O4S. The van der Waals surface area contributed by atoms with E-state index in [9.17, 15) is 17.8 Å². The molecule has 2 N–H and O–H groups in total. The highest BCUT2D eigenvalue weighted by molar-refractivity contribution is 7.85. The van der Waals surface area contributed by atoms with Gasteiger partial charge in [-0.15, -0.1) is 0 Å². The normalized spacial score (nSPS) is 10.4. The van der Waals surface area contributed by atoms with E-state index in [1.807, 2.05) is 5.32 Å². The molecular weight excluding hydrogens is 244 g/mol. The number of hydrogen-bond donors (Lipinski definition) is 2. The molecule has 6 nitrogen and oxygen atoms in total. The van der Waals surface area contributed by atoms with Crippen molar-refractivity contribution in [2.45, 2.75) is 20.8 Å². The van der Waals surface area contributed by atoms with Gasteiger partial charge in [-0.3, -0.25) is 4.79 Å². The van der Waals surface area contributed by atoms with Gasteiger partial charge in [-0.2, -0.15) is 0 Å². The minimum Gasteiger partial charge on any atom is -0.747 e. The lowest BCUT2D eigenvalue weighted by Crippen LogP contribution is -3.11. The van der Waals surface area contributed by atoms with Crippen molar-refractivity contribution >= 4 is 16.0 Å². The monoisotopic (exact) mass is 266 g/mol. The summed E-state index contributed by atoms with van der Waals surface area (Å²) in [5, 5.41) is 1.81. The Bertz CT molecular complexity index is 305. The van der Waals surface area contributed by atoms with E-state index in [2.05, 4.69) is 27.4 Å². The zero-order valence-corrected chi connectivity index (χ0v) is 11.5. The SMILES string of the molecule is C=CC(=O)NCS(=O)(=O)[O-].CC[NH+](CC)CC. The molecule has 0 atom stereocenters. The lowest BCUT2D eigenvalue weighted by molar-refractivity contribution is -0.894. The molecule has 0 aromatic carbocycles. The van der Waals surface area contributed by atoms with E-state index in [1.165, 1.54) is 19.6 Å². The number of hydrogen-bond acceptors (Lipinski definition) is 4. The van der Waals surface area contributed by atoms with Crippen LogP contribution in [0.3, 0.4) is 0 Å². The van der Waals surface area contributed by atoms with Crippen LogP contribution < -0.4 is 10.2 Å². The second-order valence-corrected chi connectivity index (χ2v) is 4.66. The van der Waals surface area contributed by atoms with Crippen LogP contribution in [0.1, 0.15) is 20.8 Å². The average molecular weight is 266 g/mol. The molecule has 0 rings (SSSR count). The molecule has 0 aliphatic rings. The van der Waals surface area contributed by atoms with E-state index in [4.69, 9.17) is 0 Å². The largest absolute Gasteiger partial charge is 0.747 e. The smallest absolute Gasteiger partial charge is 0.244 e. The standard InChI is InChI=1S/C6H15N.C4H7NO4S/c1-4-7(5-2)6-3;1-2-4(6)5-3-10(7,8)9/h4-6H2,1-3H3;2H,1,3H2,(H,5,6)(H,7,8,9). The van der Waals surface area contributed by atoms with Crippen molar-refractivity contribution in [2.24, 2.45) is 0 Å². The Morgan fingerprint density at radius 1 is 1.29 bits per heavy atom. The van der Waals surface area contributed by atoms with Gasteiger partial charge in [0.25, 0.3) is 0 Å². The van der Waals surface area contributed by atoms with Gasteiger partial charge in [0.2, 0.25) is 5.91 Å². The summed E-state index contributed by atoms with van der Waals surface area (Å²) in [6.07, 6.45) is 0.880. The summed E-state index contributed by atoms with van der Waals surface area (Å²) in [5.74, 6) is -1.57. The van der Waals surface area contributed by atoms with Crippen LogP contribution in [-0.4, -0.2) is 44.4 Å². The van der Waals surface area contributed by atoms with Crippen LogP contribution >= 0.6 is 0 Å². The van der Waals surface area contributed by atoms with Crippen LogP contribution in [-0.2, 0) is 14.9 Å². The van der Waals surface area contributed by atoms with Gasteiger partial charge in [0.15, 0.2) is 0 Å². The van der Waals surface area contributed by atoms with Crippen LogP contribution in [0.5, 0.6) is 0 Å². The molecule has 0 unspecified atom stereocenters. The Kier molecular flexibility index (Phi) is 11.1. The minimum atomic E-state index is -4.36. The van der Waals surface area contributed by atoms with Crippen molar-refractivity contribution in [3.05, 3.63) is 12.7 Å². The molecule has 0 aromatic rings. The molecule has 0 fully saturated rings. The molecule has 0 radical (unpaired) electrons. The van der Waals surface area contributed by atoms with Crippen LogP contribution in [0.25, 0.3) is 0 Å². The highest BCUT2D eigenvalue weighted by atomic mass is 32.2. The Balaban J connectivity index is 0. The summed E-state index contributed by atoms with van der Waals surface area (Å²) in [4.78, 5) is 11.9. The number of carbonyl (C=O) groups is 1. The zero-order valence-electron chi connectivity index (χ0n) is 10.7. The van der Waals surface area contributed by atoms with Gasteiger partial charge in [-0.1, -0.05) is 6.58 Å². The van der Waals surface area contributed by atoms with Crippen LogP contribution in [0.2, 0.25) is 0 Å². The Morgan fingerprint density at radius 3 is 1.88 bits per heavy atom. The van der Waals surface area contributed by atoms with E-state index >= 15 is 0 Å². The zero-order chi connectivity index (χ0) is 13.9. The molecule has 0 heterocycles. The highest BCUT2D eigenvalue weighted by Crippen LogP contribution is 1.76. The van der Waals surface area contributed by atoms with Crippen molar-refractivity contribution in [3.63, 3.8) is 0 Å². The van der Waals surface area contributed by atoms with Crippen LogP contribution in [0, 0.1) is 0 Å². The lowest BCUT2D eigenvalue weighted by Gasteiger charge is -2.10. The van der Waals surface area contributed by atoms with Gasteiger partial charge < -0.3 is 14.8 Å². The topological polar surface area (TPSA) is 90.7 Å². The van der Waals surface area contributed by atoms with Gasteiger partial charge in [-0.25, -0.2) is 8.42 Å². The third-order valence-corrected chi connectivity index (χ3v) is 2.61. The molecule has 0 bridgehead atoms. The average Bonchev–Trinajstić information content (AvgIpc) is 2.28. The number of rotatable bonds is 6. The van der Waals surface area contributed by atoms with Crippen molar-refractivity contribution in [1.82, 2.24) is 5.32 Å². The first kappa shape index (κ1) is 18.4. The van der Waals surface area contributed by atoms with E-state index in [0.717, 1.165) is 6.08 Å². The quantitative estimate of drug-likeness (QED) is 0.463. The summed E-state index contributed by atoms with van der Waals surface area (Å²) in [5.41, 5.74) is 0. The van der Waals surface area contributed by atoms with E-state index in [0.29, 0.717) is 0 Å². The van der Waals surface area contributed by atoms with Gasteiger partial charge in [0.1, 0.15) is 16.0 Å². The third-order valence-electron chi connectivity index (χ3n) is 2.11. The number of amides is 1. The van der Waals surface area contributed by atoms with E-state index in [1.54, 1.807) is 4.90 Å². The molecule has 0 spiro atoms. The Hall–Kier alpha value is -0.920. The van der Waals surface area contributed by atoms with Crippen molar-refractivity contribution in [2.75, 3.05) is 25.5 Å². The fourth-order valence-electron chi connectivity index (χ4n) is 0.982. The van der Waals surface area contributed by atoms with Crippen LogP contribution in [0.4, 0.5) is 0 Å². The highest BCUT2D eigenvalue weighted by Gasteiger charge is 1.96. The molecule has 1 amide bonds. The number of quaternary nitrogens is 1. The summed E-state index contributed by atoms with van der Waals surface area (Å²) in [7, 11) is -4.36. The summed E-state index contributed by atoms with van der Waals surface area (Å²) >= 11 is 0. The van der Waals surface area contributed by atoms with Crippen molar-refractivity contribution in [3.8, 4) is 0 Å². The molecule has 17 heavy (non-hydrogen) atoms. The third kappa shape index (κ3) is 15.1. The van der Waals surface area contributed by atoms with Gasteiger partial charge in [0, 0.05) is 0 Å². The van der Waals surface area contributed by atoms with Gasteiger partial charge in [0.05, 0.1) is 19.6 Å². The maximum absolute atomic E-state index is 10.2. The molecule has 0 saturated heterocycles. The molecule has 0 aromatic heterocycles. The maximum Gasteiger partial charge on any atom is 0.244 e. The maximum atomic E-state index is 10.2. The second kappa shape index (κ2) is 10.2. The van der Waals surface area contributed by atoms with E-state index in [-0.39, 0.29) is 0 Å². The van der Waals surface area contributed by atoms with E-state index < -0.39 is 21.9 Å². The lowest BCUT2D eigenvalue weighted by atomic mass is 10.5. The Morgan fingerprint density at radius 2 is 1.71 bits per heavy atom. The fraction of sp³-hybridized carbons (Fsp3) is 0.700. The molecule has 0 aliphatic heterocycles. The summed E-state index contributed by atoms with van der Waals surface area (Å²) < 4.78 is 29.5. The summed E-state index contributed by atoms with van der Waals surface area (Å²) in [6.45, 7) is 13.5.